The quantitative estimate of drug-likeness (QED) is 0.775. The zero-order valence-corrected chi connectivity index (χ0v) is 17.1. The van der Waals surface area contributed by atoms with E-state index in [4.69, 9.17) is 9.72 Å². The molecule has 8 heteroatoms. The molecule has 154 valence electrons. The number of morpholine rings is 1. The van der Waals surface area contributed by atoms with Gasteiger partial charge in [0.25, 0.3) is 0 Å². The summed E-state index contributed by atoms with van der Waals surface area (Å²) in [6.45, 7) is 5.24. The van der Waals surface area contributed by atoms with E-state index in [0.29, 0.717) is 6.04 Å². The second-order valence-electron chi connectivity index (χ2n) is 8.20. The lowest BCUT2D eigenvalue weighted by atomic mass is 10.0. The number of aryl methyl sites for hydroxylation is 2. The van der Waals surface area contributed by atoms with E-state index in [1.54, 1.807) is 0 Å². The summed E-state index contributed by atoms with van der Waals surface area (Å²) in [6.07, 6.45) is 7.56. The van der Waals surface area contributed by atoms with Crippen molar-refractivity contribution in [2.24, 2.45) is 0 Å². The SMILES string of the molecule is CN(c1nccc(N2CCOCC2)n1)C1CCCN(c2cc3c(nn2)CCC3)C1. The number of piperidine rings is 1. The molecule has 3 aliphatic rings. The Morgan fingerprint density at radius 2 is 1.93 bits per heavy atom. The van der Waals surface area contributed by atoms with E-state index in [2.05, 4.69) is 43.0 Å². The molecular formula is C21H29N7O. The Balaban J connectivity index is 1.30. The molecule has 0 amide bonds. The highest BCUT2D eigenvalue weighted by molar-refractivity contribution is 5.46. The molecule has 1 aliphatic carbocycles. The van der Waals surface area contributed by atoms with E-state index in [0.717, 1.165) is 82.7 Å². The van der Waals surface area contributed by atoms with Crippen LogP contribution >= 0.6 is 0 Å². The average Bonchev–Trinajstić information content (AvgIpc) is 3.27. The summed E-state index contributed by atoms with van der Waals surface area (Å²) < 4.78 is 5.46. The lowest BCUT2D eigenvalue weighted by molar-refractivity contribution is 0.122. The number of aromatic nitrogens is 4. The monoisotopic (exact) mass is 395 g/mol. The molecule has 2 aromatic heterocycles. The number of likely N-dealkylation sites (N-methyl/N-ethyl adjacent to an activating group) is 1. The smallest absolute Gasteiger partial charge is 0.227 e. The van der Waals surface area contributed by atoms with Crippen LogP contribution in [-0.4, -0.2) is 72.6 Å². The van der Waals surface area contributed by atoms with Crippen molar-refractivity contribution in [2.45, 2.75) is 38.1 Å². The van der Waals surface area contributed by atoms with Gasteiger partial charge in [-0.05, 0) is 49.8 Å². The number of anilines is 3. The molecular weight excluding hydrogens is 366 g/mol. The Morgan fingerprint density at radius 3 is 2.83 bits per heavy atom. The maximum absolute atomic E-state index is 5.46. The van der Waals surface area contributed by atoms with Crippen molar-refractivity contribution in [3.05, 3.63) is 29.6 Å². The summed E-state index contributed by atoms with van der Waals surface area (Å²) >= 11 is 0. The molecule has 0 radical (unpaired) electrons. The van der Waals surface area contributed by atoms with Gasteiger partial charge in [0.05, 0.1) is 18.9 Å². The van der Waals surface area contributed by atoms with E-state index in [1.807, 2.05) is 12.3 Å². The van der Waals surface area contributed by atoms with Gasteiger partial charge >= 0.3 is 0 Å². The standard InChI is InChI=1S/C21H29N7O/c1-26(21-22-8-7-19(23-21)27-10-12-29-13-11-27)17-5-3-9-28(15-17)20-14-16-4-2-6-18(16)24-25-20/h7-8,14,17H,2-6,9-13,15H2,1H3. The predicted octanol–water partition coefficient (Wildman–Crippen LogP) is 1.70. The third kappa shape index (κ3) is 3.85. The number of hydrogen-bond acceptors (Lipinski definition) is 8. The van der Waals surface area contributed by atoms with Crippen LogP contribution in [-0.2, 0) is 17.6 Å². The normalized spacial score (nSPS) is 21.9. The van der Waals surface area contributed by atoms with Crippen LogP contribution in [0.4, 0.5) is 17.6 Å². The van der Waals surface area contributed by atoms with Gasteiger partial charge in [-0.25, -0.2) is 4.98 Å². The summed E-state index contributed by atoms with van der Waals surface area (Å²) in [4.78, 5) is 16.3. The fourth-order valence-corrected chi connectivity index (χ4v) is 4.59. The summed E-state index contributed by atoms with van der Waals surface area (Å²) in [6, 6.07) is 4.61. The highest BCUT2D eigenvalue weighted by atomic mass is 16.5. The first-order valence-corrected chi connectivity index (χ1v) is 10.8. The predicted molar refractivity (Wildman–Crippen MR) is 113 cm³/mol. The average molecular weight is 396 g/mol. The van der Waals surface area contributed by atoms with Crippen molar-refractivity contribution >= 4 is 17.6 Å². The zero-order chi connectivity index (χ0) is 19.6. The molecule has 1 atom stereocenters. The van der Waals surface area contributed by atoms with E-state index < -0.39 is 0 Å². The number of nitrogens with zero attached hydrogens (tertiary/aromatic N) is 7. The molecule has 0 bridgehead atoms. The minimum absolute atomic E-state index is 0.360. The van der Waals surface area contributed by atoms with Gasteiger partial charge in [0.1, 0.15) is 5.82 Å². The topological polar surface area (TPSA) is 70.5 Å². The first kappa shape index (κ1) is 18.5. The fraction of sp³-hybridized carbons (Fsp3) is 0.619. The van der Waals surface area contributed by atoms with Crippen LogP contribution in [0, 0.1) is 0 Å². The molecule has 0 spiro atoms. The third-order valence-corrected chi connectivity index (χ3v) is 6.35. The summed E-state index contributed by atoms with van der Waals surface area (Å²) in [5.74, 6) is 2.80. The Morgan fingerprint density at radius 1 is 1.03 bits per heavy atom. The van der Waals surface area contributed by atoms with Crippen LogP contribution in [0.3, 0.4) is 0 Å². The highest BCUT2D eigenvalue weighted by Gasteiger charge is 2.27. The van der Waals surface area contributed by atoms with Crippen molar-refractivity contribution in [1.29, 1.82) is 0 Å². The molecule has 29 heavy (non-hydrogen) atoms. The zero-order valence-electron chi connectivity index (χ0n) is 17.1. The highest BCUT2D eigenvalue weighted by Crippen LogP contribution is 2.27. The van der Waals surface area contributed by atoms with Crippen LogP contribution in [0.1, 0.15) is 30.5 Å². The molecule has 0 aromatic carbocycles. The van der Waals surface area contributed by atoms with Gasteiger partial charge in [0, 0.05) is 45.5 Å². The molecule has 5 rings (SSSR count). The summed E-state index contributed by atoms with van der Waals surface area (Å²) in [5, 5.41) is 9.00. The molecule has 2 aromatic rings. The number of hydrogen-bond donors (Lipinski definition) is 0. The van der Waals surface area contributed by atoms with E-state index in [-0.39, 0.29) is 0 Å². The van der Waals surface area contributed by atoms with Crippen LogP contribution in [0.25, 0.3) is 0 Å². The number of rotatable bonds is 4. The first-order valence-electron chi connectivity index (χ1n) is 10.8. The van der Waals surface area contributed by atoms with Gasteiger partial charge in [0.2, 0.25) is 5.95 Å². The second kappa shape index (κ2) is 8.10. The largest absolute Gasteiger partial charge is 0.378 e. The maximum atomic E-state index is 5.46. The van der Waals surface area contributed by atoms with Crippen LogP contribution < -0.4 is 14.7 Å². The van der Waals surface area contributed by atoms with Crippen LogP contribution in [0.5, 0.6) is 0 Å². The van der Waals surface area contributed by atoms with Gasteiger partial charge in [-0.1, -0.05) is 0 Å². The van der Waals surface area contributed by atoms with Gasteiger partial charge < -0.3 is 19.4 Å². The molecule has 0 N–H and O–H groups in total. The van der Waals surface area contributed by atoms with Crippen molar-refractivity contribution in [3.63, 3.8) is 0 Å². The second-order valence-corrected chi connectivity index (χ2v) is 8.20. The van der Waals surface area contributed by atoms with Crippen LogP contribution in [0.15, 0.2) is 18.3 Å². The van der Waals surface area contributed by atoms with Gasteiger partial charge in [-0.2, -0.15) is 10.1 Å². The molecule has 0 saturated carbocycles. The van der Waals surface area contributed by atoms with Crippen LogP contribution in [0.2, 0.25) is 0 Å². The van der Waals surface area contributed by atoms with Gasteiger partial charge in [-0.3, -0.25) is 0 Å². The summed E-state index contributed by atoms with van der Waals surface area (Å²) in [7, 11) is 2.11. The van der Waals surface area contributed by atoms with E-state index >= 15 is 0 Å². The molecule has 1 unspecified atom stereocenters. The first-order chi connectivity index (χ1) is 14.3. The summed E-state index contributed by atoms with van der Waals surface area (Å²) in [5.41, 5.74) is 2.57. The maximum Gasteiger partial charge on any atom is 0.227 e. The van der Waals surface area contributed by atoms with E-state index in [1.165, 1.54) is 17.7 Å². The molecule has 2 aliphatic heterocycles. The van der Waals surface area contributed by atoms with Crippen molar-refractivity contribution in [3.8, 4) is 0 Å². The Labute approximate surface area is 171 Å². The van der Waals surface area contributed by atoms with Crippen molar-refractivity contribution in [1.82, 2.24) is 20.2 Å². The number of fused-ring (bicyclic) bond motifs is 1. The minimum Gasteiger partial charge on any atom is -0.378 e. The van der Waals surface area contributed by atoms with Gasteiger partial charge in [0.15, 0.2) is 5.82 Å². The molecule has 2 saturated heterocycles. The Hall–Kier alpha value is -2.48. The van der Waals surface area contributed by atoms with Gasteiger partial charge in [-0.15, -0.1) is 5.10 Å². The molecule has 4 heterocycles. The lowest BCUT2D eigenvalue weighted by Crippen LogP contribution is -2.47. The Kier molecular flexibility index (Phi) is 5.18. The van der Waals surface area contributed by atoms with Crippen molar-refractivity contribution in [2.75, 3.05) is 61.1 Å². The van der Waals surface area contributed by atoms with E-state index in [9.17, 15) is 0 Å². The molecule has 8 nitrogen and oxygen atoms in total. The fourth-order valence-electron chi connectivity index (χ4n) is 4.59. The Bertz CT molecular complexity index is 855. The third-order valence-electron chi connectivity index (χ3n) is 6.35. The lowest BCUT2D eigenvalue weighted by Gasteiger charge is -2.38. The van der Waals surface area contributed by atoms with Crippen molar-refractivity contribution < 1.29 is 4.74 Å². The molecule has 2 fully saturated rings. The minimum atomic E-state index is 0.360. The number of ether oxygens (including phenoxy) is 1.